The molecular formula is C4H11N. The second-order valence-electron chi connectivity index (χ2n) is 1.44. The Morgan fingerprint density at radius 1 is 2.00 bits per heavy atom. The molecule has 0 aliphatic rings. The monoisotopic (exact) mass is 74.1 g/mol. The molecule has 0 rings (SSSR count). The SMILES string of the molecule is [2H][C@H](N)C(C)C. The molecule has 0 spiro atoms. The Labute approximate surface area is 34.6 Å². The summed E-state index contributed by atoms with van der Waals surface area (Å²) in [6, 6.07) is 0. The Morgan fingerprint density at radius 2 is 2.20 bits per heavy atom. The van der Waals surface area contributed by atoms with E-state index in [9.17, 15) is 0 Å². The number of hydrogen-bond acceptors (Lipinski definition) is 1. The van der Waals surface area contributed by atoms with Crippen molar-refractivity contribution in [1.29, 1.82) is 0 Å². The lowest BCUT2D eigenvalue weighted by atomic mass is 10.2. The third-order valence-corrected chi connectivity index (χ3v) is 0.385. The van der Waals surface area contributed by atoms with Crippen LogP contribution in [0.25, 0.3) is 0 Å². The van der Waals surface area contributed by atoms with Gasteiger partial charge in [0.25, 0.3) is 0 Å². The molecular weight excluding hydrogens is 62.1 g/mol. The highest BCUT2D eigenvalue weighted by Crippen LogP contribution is 1.81. The van der Waals surface area contributed by atoms with Gasteiger partial charge in [-0.15, -0.1) is 0 Å². The van der Waals surface area contributed by atoms with E-state index in [1.54, 1.807) is 0 Å². The summed E-state index contributed by atoms with van der Waals surface area (Å²) in [5.74, 6) is 0.296. The van der Waals surface area contributed by atoms with Gasteiger partial charge in [0, 0.05) is 1.37 Å². The summed E-state index contributed by atoms with van der Waals surface area (Å²) < 4.78 is 6.81. The molecule has 0 aromatic rings. The second-order valence-corrected chi connectivity index (χ2v) is 1.44. The lowest BCUT2D eigenvalue weighted by Crippen LogP contribution is -2.05. The van der Waals surface area contributed by atoms with Crippen LogP contribution in [0.3, 0.4) is 0 Å². The van der Waals surface area contributed by atoms with E-state index < -0.39 is 6.52 Å². The molecule has 0 saturated carbocycles. The first-order valence-electron chi connectivity index (χ1n) is 2.40. The fourth-order valence-electron chi connectivity index (χ4n) is 0. The van der Waals surface area contributed by atoms with Gasteiger partial charge in [-0.3, -0.25) is 0 Å². The maximum Gasteiger partial charge on any atom is 0.0428 e. The van der Waals surface area contributed by atoms with E-state index in [2.05, 4.69) is 0 Å². The topological polar surface area (TPSA) is 26.0 Å². The van der Waals surface area contributed by atoms with E-state index in [0.29, 0.717) is 5.92 Å². The van der Waals surface area contributed by atoms with Crippen molar-refractivity contribution in [2.45, 2.75) is 13.8 Å². The van der Waals surface area contributed by atoms with Gasteiger partial charge in [0.2, 0.25) is 0 Å². The quantitative estimate of drug-likeness (QED) is 0.484. The summed E-state index contributed by atoms with van der Waals surface area (Å²) in [5, 5.41) is 0. The fourth-order valence-corrected chi connectivity index (χ4v) is 0. The molecule has 0 unspecified atom stereocenters. The fraction of sp³-hybridized carbons (Fsp3) is 1.00. The first-order chi connectivity index (χ1) is 2.64. The summed E-state index contributed by atoms with van der Waals surface area (Å²) in [7, 11) is 0. The third kappa shape index (κ3) is 3.96. The smallest absolute Gasteiger partial charge is 0.0428 e. The van der Waals surface area contributed by atoms with E-state index in [4.69, 9.17) is 7.10 Å². The highest BCUT2D eigenvalue weighted by Gasteiger charge is 1.80. The maximum absolute atomic E-state index is 6.81. The summed E-state index contributed by atoms with van der Waals surface area (Å²) in [5.41, 5.74) is 5.10. The van der Waals surface area contributed by atoms with Crippen LogP contribution in [-0.2, 0) is 0 Å². The van der Waals surface area contributed by atoms with E-state index in [0.717, 1.165) is 0 Å². The Hall–Kier alpha value is -0.0400. The Bertz CT molecular complexity index is 28.5. The summed E-state index contributed by atoms with van der Waals surface area (Å²) in [6.45, 7) is 3.46. The van der Waals surface area contributed by atoms with Crippen molar-refractivity contribution in [3.8, 4) is 0 Å². The lowest BCUT2D eigenvalue weighted by molar-refractivity contribution is 0.664. The predicted octanol–water partition coefficient (Wildman–Crippen LogP) is 0.601. The van der Waals surface area contributed by atoms with Gasteiger partial charge in [-0.05, 0) is 12.4 Å². The molecule has 0 radical (unpaired) electrons. The molecule has 0 aromatic heterocycles. The van der Waals surface area contributed by atoms with Crippen molar-refractivity contribution in [2.24, 2.45) is 11.7 Å². The Morgan fingerprint density at radius 3 is 2.20 bits per heavy atom. The van der Waals surface area contributed by atoms with Gasteiger partial charge in [-0.1, -0.05) is 13.8 Å². The first-order valence-corrected chi connectivity index (χ1v) is 1.82. The maximum atomic E-state index is 6.81. The van der Waals surface area contributed by atoms with Crippen molar-refractivity contribution in [1.82, 2.24) is 0 Å². The van der Waals surface area contributed by atoms with Gasteiger partial charge >= 0.3 is 0 Å². The second kappa shape index (κ2) is 2.21. The first kappa shape index (κ1) is 3.16. The Kier molecular flexibility index (Phi) is 1.40. The van der Waals surface area contributed by atoms with Crippen molar-refractivity contribution in [3.63, 3.8) is 0 Å². The van der Waals surface area contributed by atoms with Gasteiger partial charge in [0.1, 0.15) is 0 Å². The molecule has 0 amide bonds. The minimum atomic E-state index is -0.398. The van der Waals surface area contributed by atoms with Crippen LogP contribution < -0.4 is 5.73 Å². The van der Waals surface area contributed by atoms with Crippen LogP contribution in [0.15, 0.2) is 0 Å². The van der Waals surface area contributed by atoms with E-state index >= 15 is 0 Å². The Balaban J connectivity index is 2.99. The van der Waals surface area contributed by atoms with E-state index in [1.165, 1.54) is 0 Å². The van der Waals surface area contributed by atoms with Gasteiger partial charge in [0.05, 0.1) is 0 Å². The van der Waals surface area contributed by atoms with Crippen LogP contribution in [0.1, 0.15) is 15.2 Å². The molecule has 1 heteroatoms. The highest BCUT2D eigenvalue weighted by atomic mass is 14.5. The van der Waals surface area contributed by atoms with Crippen LogP contribution >= 0.6 is 0 Å². The lowest BCUT2D eigenvalue weighted by Gasteiger charge is -1.91. The molecule has 1 nitrogen and oxygen atoms in total. The molecule has 0 saturated heterocycles. The highest BCUT2D eigenvalue weighted by molar-refractivity contribution is 4.38. The molecule has 0 aromatic carbocycles. The van der Waals surface area contributed by atoms with E-state index in [-0.39, 0.29) is 0 Å². The summed E-state index contributed by atoms with van der Waals surface area (Å²) in [4.78, 5) is 0. The number of hydrogen-bond donors (Lipinski definition) is 1. The predicted molar refractivity (Wildman–Crippen MR) is 23.9 cm³/mol. The average molecular weight is 74.1 g/mol. The standard InChI is InChI=1S/C4H11N/c1-4(2)3-5/h4H,3,5H2,1-2H3/i3D/t3-/m0/s1. The van der Waals surface area contributed by atoms with Crippen LogP contribution in [0.4, 0.5) is 0 Å². The van der Waals surface area contributed by atoms with Crippen LogP contribution in [0.5, 0.6) is 0 Å². The number of nitrogens with two attached hydrogens (primary N) is 1. The van der Waals surface area contributed by atoms with Gasteiger partial charge in [0.15, 0.2) is 0 Å². The van der Waals surface area contributed by atoms with Gasteiger partial charge < -0.3 is 5.73 Å². The molecule has 2 N–H and O–H groups in total. The average Bonchev–Trinajstić information content (AvgIpc) is 1.36. The zero-order valence-electron chi connectivity index (χ0n) is 4.73. The zero-order valence-corrected chi connectivity index (χ0v) is 3.73. The van der Waals surface area contributed by atoms with Crippen LogP contribution in [0, 0.1) is 5.92 Å². The van der Waals surface area contributed by atoms with Crippen LogP contribution in [0.2, 0.25) is 0 Å². The van der Waals surface area contributed by atoms with Crippen molar-refractivity contribution in [3.05, 3.63) is 0 Å². The van der Waals surface area contributed by atoms with Crippen LogP contribution in [-0.4, -0.2) is 6.52 Å². The molecule has 1 atom stereocenters. The minimum absolute atomic E-state index is 0.296. The van der Waals surface area contributed by atoms with Gasteiger partial charge in [-0.2, -0.15) is 0 Å². The number of rotatable bonds is 1. The molecule has 0 bridgehead atoms. The summed E-state index contributed by atoms with van der Waals surface area (Å²) >= 11 is 0. The van der Waals surface area contributed by atoms with Crippen molar-refractivity contribution in [2.75, 3.05) is 6.52 Å². The molecule has 32 valence electrons. The molecule has 0 heterocycles. The van der Waals surface area contributed by atoms with E-state index in [1.807, 2.05) is 13.8 Å². The molecule has 0 aliphatic carbocycles. The van der Waals surface area contributed by atoms with Crippen molar-refractivity contribution < 1.29 is 1.37 Å². The molecule has 0 fully saturated rings. The normalized spacial score (nSPS) is 18.8. The molecule has 0 aliphatic heterocycles. The van der Waals surface area contributed by atoms with Crippen molar-refractivity contribution >= 4 is 0 Å². The zero-order chi connectivity index (χ0) is 5.15. The third-order valence-electron chi connectivity index (χ3n) is 0.385. The summed E-state index contributed by atoms with van der Waals surface area (Å²) in [6.07, 6.45) is 0. The van der Waals surface area contributed by atoms with Gasteiger partial charge in [-0.25, -0.2) is 0 Å². The largest absolute Gasteiger partial charge is 0.330 e. The molecule has 5 heavy (non-hydrogen) atoms. The minimum Gasteiger partial charge on any atom is -0.330 e.